The van der Waals surface area contributed by atoms with Gasteiger partial charge in [0.05, 0.1) is 18.7 Å². The number of hydrogen-bond acceptors (Lipinski definition) is 3. The first-order valence-electron chi connectivity index (χ1n) is 5.45. The monoisotopic (exact) mass is 234 g/mol. The lowest BCUT2D eigenvalue weighted by molar-refractivity contribution is -0.119. The van der Waals surface area contributed by atoms with Gasteiger partial charge in [-0.1, -0.05) is 6.07 Å². The molecule has 90 valence electrons. The van der Waals surface area contributed by atoms with Gasteiger partial charge in [-0.3, -0.25) is 9.59 Å². The minimum Gasteiger partial charge on any atom is -0.491 e. The molecule has 0 spiro atoms. The number of anilines is 1. The molecular formula is C12H14N2O3. The van der Waals surface area contributed by atoms with Crippen LogP contribution in [0.4, 0.5) is 5.69 Å². The van der Waals surface area contributed by atoms with E-state index < -0.39 is 0 Å². The number of carbonyl (C=O) groups excluding carboxylic acids is 2. The van der Waals surface area contributed by atoms with Gasteiger partial charge in [0, 0.05) is 13.5 Å². The quantitative estimate of drug-likeness (QED) is 0.803. The predicted molar refractivity (Wildman–Crippen MR) is 62.7 cm³/mol. The van der Waals surface area contributed by atoms with Crippen LogP contribution < -0.4 is 15.4 Å². The zero-order valence-corrected chi connectivity index (χ0v) is 9.58. The number of nitrogens with one attached hydrogen (secondary N) is 2. The van der Waals surface area contributed by atoms with Gasteiger partial charge in [-0.05, 0) is 17.7 Å². The Labute approximate surface area is 99.2 Å². The standard InChI is InChI=1S/C12H14N2O3/c1-8(15)13-7-9-2-3-11-10(6-9)14-12(16)4-5-17-11/h2-3,6H,4-5,7H2,1H3,(H,13,15)(H,14,16). The Morgan fingerprint density at radius 1 is 1.53 bits per heavy atom. The fourth-order valence-corrected chi connectivity index (χ4v) is 1.60. The molecule has 0 radical (unpaired) electrons. The molecule has 0 bridgehead atoms. The molecule has 5 heteroatoms. The Bertz CT molecular complexity index is 457. The van der Waals surface area contributed by atoms with Crippen LogP contribution in [0.2, 0.25) is 0 Å². The maximum Gasteiger partial charge on any atom is 0.227 e. The Morgan fingerprint density at radius 3 is 3.12 bits per heavy atom. The zero-order chi connectivity index (χ0) is 12.3. The van der Waals surface area contributed by atoms with E-state index in [4.69, 9.17) is 4.74 Å². The van der Waals surface area contributed by atoms with Gasteiger partial charge in [0.1, 0.15) is 5.75 Å². The van der Waals surface area contributed by atoms with E-state index in [9.17, 15) is 9.59 Å². The number of carbonyl (C=O) groups is 2. The van der Waals surface area contributed by atoms with E-state index in [-0.39, 0.29) is 11.8 Å². The summed E-state index contributed by atoms with van der Waals surface area (Å²) in [5, 5.41) is 5.48. The topological polar surface area (TPSA) is 67.4 Å². The van der Waals surface area contributed by atoms with Crippen molar-refractivity contribution in [1.82, 2.24) is 5.32 Å². The molecule has 0 unspecified atom stereocenters. The number of fused-ring (bicyclic) bond motifs is 1. The highest BCUT2D eigenvalue weighted by atomic mass is 16.5. The van der Waals surface area contributed by atoms with Crippen LogP contribution in [0, 0.1) is 0 Å². The normalized spacial score (nSPS) is 14.1. The minimum atomic E-state index is -0.0831. The Kier molecular flexibility index (Phi) is 3.27. The van der Waals surface area contributed by atoms with Gasteiger partial charge in [0.25, 0.3) is 0 Å². The average Bonchev–Trinajstić information content (AvgIpc) is 2.46. The Morgan fingerprint density at radius 2 is 2.35 bits per heavy atom. The number of amides is 2. The van der Waals surface area contributed by atoms with Crippen molar-refractivity contribution in [3.8, 4) is 5.75 Å². The summed E-state index contributed by atoms with van der Waals surface area (Å²) in [4.78, 5) is 22.2. The van der Waals surface area contributed by atoms with Crippen molar-refractivity contribution in [3.05, 3.63) is 23.8 Å². The highest BCUT2D eigenvalue weighted by molar-refractivity contribution is 5.93. The van der Waals surface area contributed by atoms with Crippen LogP contribution in [0.3, 0.4) is 0 Å². The highest BCUT2D eigenvalue weighted by Gasteiger charge is 2.13. The van der Waals surface area contributed by atoms with Gasteiger partial charge in [-0.2, -0.15) is 0 Å². The first kappa shape index (κ1) is 11.4. The molecule has 1 aliphatic heterocycles. The van der Waals surface area contributed by atoms with E-state index in [1.54, 1.807) is 6.07 Å². The van der Waals surface area contributed by atoms with Crippen molar-refractivity contribution >= 4 is 17.5 Å². The predicted octanol–water partition coefficient (Wildman–Crippen LogP) is 1.04. The van der Waals surface area contributed by atoms with E-state index in [0.29, 0.717) is 31.0 Å². The maximum absolute atomic E-state index is 11.4. The molecule has 17 heavy (non-hydrogen) atoms. The fourth-order valence-electron chi connectivity index (χ4n) is 1.60. The Hall–Kier alpha value is -2.04. The van der Waals surface area contributed by atoms with Crippen molar-refractivity contribution < 1.29 is 14.3 Å². The molecule has 1 aliphatic rings. The summed E-state index contributed by atoms with van der Waals surface area (Å²) in [6, 6.07) is 5.48. The van der Waals surface area contributed by atoms with E-state index in [2.05, 4.69) is 10.6 Å². The molecule has 2 amide bonds. The van der Waals surface area contributed by atoms with Crippen LogP contribution in [0.25, 0.3) is 0 Å². The first-order chi connectivity index (χ1) is 8.15. The van der Waals surface area contributed by atoms with E-state index >= 15 is 0 Å². The van der Waals surface area contributed by atoms with E-state index in [0.717, 1.165) is 5.56 Å². The summed E-state index contributed by atoms with van der Waals surface area (Å²) in [7, 11) is 0. The molecule has 0 saturated carbocycles. The number of hydrogen-bond donors (Lipinski definition) is 2. The molecule has 5 nitrogen and oxygen atoms in total. The molecule has 0 fully saturated rings. The SMILES string of the molecule is CC(=O)NCc1ccc2c(c1)NC(=O)CCO2. The summed E-state index contributed by atoms with van der Waals surface area (Å²) in [6.45, 7) is 2.30. The smallest absolute Gasteiger partial charge is 0.227 e. The zero-order valence-electron chi connectivity index (χ0n) is 9.58. The van der Waals surface area contributed by atoms with Crippen LogP contribution in [0.1, 0.15) is 18.9 Å². The van der Waals surface area contributed by atoms with E-state index in [1.807, 2.05) is 12.1 Å². The lowest BCUT2D eigenvalue weighted by atomic mass is 10.2. The molecule has 0 aliphatic carbocycles. The molecule has 0 atom stereocenters. The molecule has 0 aromatic heterocycles. The second-order valence-corrected chi connectivity index (χ2v) is 3.89. The van der Waals surface area contributed by atoms with Crippen LogP contribution in [0.5, 0.6) is 5.75 Å². The number of ether oxygens (including phenoxy) is 1. The third-order valence-electron chi connectivity index (χ3n) is 2.45. The van der Waals surface area contributed by atoms with Crippen LogP contribution in [-0.2, 0) is 16.1 Å². The van der Waals surface area contributed by atoms with Crippen molar-refractivity contribution in [2.45, 2.75) is 19.9 Å². The fraction of sp³-hybridized carbons (Fsp3) is 0.333. The van der Waals surface area contributed by atoms with Gasteiger partial charge in [-0.25, -0.2) is 0 Å². The Balaban J connectivity index is 2.17. The van der Waals surface area contributed by atoms with Crippen molar-refractivity contribution in [2.24, 2.45) is 0 Å². The van der Waals surface area contributed by atoms with Crippen molar-refractivity contribution in [3.63, 3.8) is 0 Å². The lowest BCUT2D eigenvalue weighted by Crippen LogP contribution is -2.19. The third kappa shape index (κ3) is 2.96. The van der Waals surface area contributed by atoms with E-state index in [1.165, 1.54) is 6.92 Å². The molecule has 2 N–H and O–H groups in total. The van der Waals surface area contributed by atoms with Crippen molar-refractivity contribution in [2.75, 3.05) is 11.9 Å². The summed E-state index contributed by atoms with van der Waals surface area (Å²) >= 11 is 0. The van der Waals surface area contributed by atoms with Crippen LogP contribution in [0.15, 0.2) is 18.2 Å². The molecular weight excluding hydrogens is 220 g/mol. The second-order valence-electron chi connectivity index (χ2n) is 3.89. The highest BCUT2D eigenvalue weighted by Crippen LogP contribution is 2.27. The second kappa shape index (κ2) is 4.86. The molecule has 1 aromatic carbocycles. The van der Waals surface area contributed by atoms with Gasteiger partial charge in [0.2, 0.25) is 11.8 Å². The van der Waals surface area contributed by atoms with Gasteiger partial charge in [-0.15, -0.1) is 0 Å². The molecule has 0 saturated heterocycles. The summed E-state index contributed by atoms with van der Waals surface area (Å²) < 4.78 is 5.43. The minimum absolute atomic E-state index is 0.0552. The van der Waals surface area contributed by atoms with Gasteiger partial charge < -0.3 is 15.4 Å². The van der Waals surface area contributed by atoms with Crippen molar-refractivity contribution in [1.29, 1.82) is 0 Å². The van der Waals surface area contributed by atoms with Gasteiger partial charge >= 0.3 is 0 Å². The first-order valence-corrected chi connectivity index (χ1v) is 5.45. The summed E-state index contributed by atoms with van der Waals surface area (Å²) in [6.07, 6.45) is 0.357. The molecule has 1 heterocycles. The van der Waals surface area contributed by atoms with Crippen LogP contribution in [-0.4, -0.2) is 18.4 Å². The molecule has 1 aromatic rings. The largest absolute Gasteiger partial charge is 0.491 e. The summed E-state index contributed by atoms with van der Waals surface area (Å²) in [5.41, 5.74) is 1.58. The number of rotatable bonds is 2. The van der Waals surface area contributed by atoms with Gasteiger partial charge in [0.15, 0.2) is 0 Å². The average molecular weight is 234 g/mol. The maximum atomic E-state index is 11.4. The van der Waals surface area contributed by atoms with Crippen LogP contribution >= 0.6 is 0 Å². The molecule has 2 rings (SSSR count). The third-order valence-corrected chi connectivity index (χ3v) is 2.45. The summed E-state index contributed by atoms with van der Waals surface area (Å²) in [5.74, 6) is 0.531. The number of benzene rings is 1. The lowest BCUT2D eigenvalue weighted by Gasteiger charge is -2.09.